The molecule has 0 spiro atoms. The van der Waals surface area contributed by atoms with Crippen molar-refractivity contribution in [3.05, 3.63) is 108 Å². The van der Waals surface area contributed by atoms with E-state index in [2.05, 4.69) is 128 Å². The largest absolute Gasteiger partial charge is 0.371 e. The number of aromatic nitrogens is 1. The Morgan fingerprint density at radius 1 is 1.05 bits per heavy atom. The summed E-state index contributed by atoms with van der Waals surface area (Å²) in [6.07, 6.45) is 20.6. The molecule has 1 aliphatic carbocycles. The molecule has 2 rings (SSSR count). The maximum atomic E-state index is 4.33. The van der Waals surface area contributed by atoms with Crippen molar-refractivity contribution < 1.29 is 4.57 Å². The van der Waals surface area contributed by atoms with Gasteiger partial charge in [0, 0.05) is 61.6 Å². The number of hydrogen-bond acceptors (Lipinski definition) is 4. The number of rotatable bonds is 17. The lowest BCUT2D eigenvalue weighted by Crippen LogP contribution is -2.34. The Labute approximate surface area is 234 Å². The van der Waals surface area contributed by atoms with Crippen LogP contribution in [0.2, 0.25) is 0 Å². The standard InChI is InChI=1S/C32H46N3S2/c1-7-33(22-24-36-37-25-23-35(9-3)31-16-12-10-11-13-17-31)27-28(4)26-30(6)29(5)19-20-32-18-14-15-21-34(32)8-2/h10,12-21,26H,4-5,7-9,11,22-25,27H2,1-3,6H3/q+1/b20-19+,30-26+. The Balaban J connectivity index is 1.72. The Hall–Kier alpha value is -2.21. The van der Waals surface area contributed by atoms with Gasteiger partial charge in [0.1, 0.15) is 6.54 Å². The van der Waals surface area contributed by atoms with Crippen molar-refractivity contribution in [1.82, 2.24) is 9.80 Å². The molecule has 0 fully saturated rings. The van der Waals surface area contributed by atoms with Gasteiger partial charge in [-0.05, 0) is 74.8 Å². The van der Waals surface area contributed by atoms with Crippen LogP contribution >= 0.6 is 21.6 Å². The van der Waals surface area contributed by atoms with E-state index in [0.717, 1.165) is 73.9 Å². The molecular weight excluding hydrogens is 491 g/mol. The third-order valence-corrected chi connectivity index (χ3v) is 8.67. The van der Waals surface area contributed by atoms with Gasteiger partial charge in [0.25, 0.3) is 0 Å². The van der Waals surface area contributed by atoms with Crippen LogP contribution < -0.4 is 4.57 Å². The topological polar surface area (TPSA) is 10.4 Å². The molecule has 5 heteroatoms. The molecule has 0 unspecified atom stereocenters. The van der Waals surface area contributed by atoms with E-state index in [1.807, 2.05) is 21.6 Å². The fraction of sp³-hybridized carbons (Fsp3) is 0.406. The minimum atomic E-state index is 0.891. The number of nitrogens with zero attached hydrogens (tertiary/aromatic N) is 3. The summed E-state index contributed by atoms with van der Waals surface area (Å²) in [6.45, 7) is 23.4. The molecule has 0 N–H and O–H groups in total. The minimum absolute atomic E-state index is 0.891. The van der Waals surface area contributed by atoms with Crippen LogP contribution in [0, 0.1) is 0 Å². The Bertz CT molecular complexity index is 1020. The molecule has 37 heavy (non-hydrogen) atoms. The van der Waals surface area contributed by atoms with Crippen LogP contribution in [0.3, 0.4) is 0 Å². The summed E-state index contributed by atoms with van der Waals surface area (Å²) in [6, 6.07) is 6.26. The Kier molecular flexibility index (Phi) is 15.2. The molecule has 0 amide bonds. The number of likely N-dealkylation sites (N-methyl/N-ethyl adjacent to an activating group) is 2. The molecule has 0 bridgehead atoms. The molecule has 3 nitrogen and oxygen atoms in total. The van der Waals surface area contributed by atoms with Crippen LogP contribution in [-0.2, 0) is 6.54 Å². The molecular formula is C32H46N3S2+. The highest BCUT2D eigenvalue weighted by molar-refractivity contribution is 8.76. The summed E-state index contributed by atoms with van der Waals surface area (Å²) < 4.78 is 2.22. The number of aryl methyl sites for hydroxylation is 1. The minimum Gasteiger partial charge on any atom is -0.371 e. The average Bonchev–Trinajstić information content (AvgIpc) is 3.20. The maximum absolute atomic E-state index is 4.33. The smallest absolute Gasteiger partial charge is 0.205 e. The first-order valence-electron chi connectivity index (χ1n) is 13.4. The Morgan fingerprint density at radius 2 is 1.84 bits per heavy atom. The monoisotopic (exact) mass is 536 g/mol. The van der Waals surface area contributed by atoms with Gasteiger partial charge in [-0.2, -0.15) is 4.57 Å². The fourth-order valence-corrected chi connectivity index (χ4v) is 6.03. The van der Waals surface area contributed by atoms with Crippen molar-refractivity contribution in [3.8, 4) is 0 Å². The second kappa shape index (κ2) is 18.1. The summed E-state index contributed by atoms with van der Waals surface area (Å²) in [5, 5.41) is 0. The van der Waals surface area contributed by atoms with E-state index in [1.165, 1.54) is 11.4 Å². The van der Waals surface area contributed by atoms with Gasteiger partial charge in [0.2, 0.25) is 5.69 Å². The van der Waals surface area contributed by atoms with Crippen molar-refractivity contribution >= 4 is 27.7 Å². The van der Waals surface area contributed by atoms with E-state index in [-0.39, 0.29) is 0 Å². The third-order valence-electron chi connectivity index (χ3n) is 6.30. The second-order valence-electron chi connectivity index (χ2n) is 9.01. The molecule has 0 saturated carbocycles. The van der Waals surface area contributed by atoms with E-state index in [0.29, 0.717) is 0 Å². The van der Waals surface area contributed by atoms with Crippen LogP contribution in [0.5, 0.6) is 0 Å². The van der Waals surface area contributed by atoms with Gasteiger partial charge in [-0.1, -0.05) is 66.0 Å². The first-order chi connectivity index (χ1) is 18.0. The van der Waals surface area contributed by atoms with Crippen molar-refractivity contribution in [1.29, 1.82) is 0 Å². The van der Waals surface area contributed by atoms with E-state index >= 15 is 0 Å². The van der Waals surface area contributed by atoms with Crippen molar-refractivity contribution in [2.75, 3.05) is 44.2 Å². The predicted molar refractivity (Wildman–Crippen MR) is 169 cm³/mol. The first kappa shape index (κ1) is 31.0. The quantitative estimate of drug-likeness (QED) is 0.0883. The summed E-state index contributed by atoms with van der Waals surface area (Å²) in [4.78, 5) is 4.93. The molecule has 1 heterocycles. The van der Waals surface area contributed by atoms with Gasteiger partial charge >= 0.3 is 0 Å². The van der Waals surface area contributed by atoms with E-state index in [4.69, 9.17) is 0 Å². The summed E-state index contributed by atoms with van der Waals surface area (Å²) in [5.41, 5.74) is 5.82. The van der Waals surface area contributed by atoms with Crippen LogP contribution in [0.15, 0.2) is 103 Å². The molecule has 0 atom stereocenters. The zero-order valence-corrected chi connectivity index (χ0v) is 25.0. The lowest BCUT2D eigenvalue weighted by molar-refractivity contribution is -0.695. The highest BCUT2D eigenvalue weighted by atomic mass is 33.1. The molecule has 1 aliphatic rings. The van der Waals surface area contributed by atoms with Crippen LogP contribution in [0.4, 0.5) is 0 Å². The number of allylic oxidation sites excluding steroid dienone is 8. The molecule has 0 radical (unpaired) electrons. The Morgan fingerprint density at radius 3 is 2.57 bits per heavy atom. The van der Waals surface area contributed by atoms with E-state index in [9.17, 15) is 0 Å². The lowest BCUT2D eigenvalue weighted by atomic mass is 10.1. The summed E-state index contributed by atoms with van der Waals surface area (Å²) in [5.74, 6) is 2.25. The molecule has 1 aromatic heterocycles. The molecule has 200 valence electrons. The summed E-state index contributed by atoms with van der Waals surface area (Å²) in [7, 11) is 3.96. The first-order valence-corrected chi connectivity index (χ1v) is 15.9. The van der Waals surface area contributed by atoms with E-state index in [1.54, 1.807) is 0 Å². The maximum Gasteiger partial charge on any atom is 0.205 e. The van der Waals surface area contributed by atoms with Crippen molar-refractivity contribution in [3.63, 3.8) is 0 Å². The average molecular weight is 537 g/mol. The second-order valence-corrected chi connectivity index (χ2v) is 11.7. The third kappa shape index (κ3) is 11.8. The van der Waals surface area contributed by atoms with Crippen molar-refractivity contribution in [2.24, 2.45) is 0 Å². The molecule has 0 saturated heterocycles. The molecule has 1 aromatic rings. The van der Waals surface area contributed by atoms with Crippen molar-refractivity contribution in [2.45, 2.75) is 40.7 Å². The predicted octanol–water partition coefficient (Wildman–Crippen LogP) is 7.49. The SMILES string of the molecule is C=C(/C=C(\C)C(=C)/C=C/c1cccc[n+]1CC)CN(CC)CCSSCCN(CC)C1=CC=CCC=C1. The highest BCUT2D eigenvalue weighted by Crippen LogP contribution is 2.22. The zero-order chi connectivity index (χ0) is 26.9. The van der Waals surface area contributed by atoms with Gasteiger partial charge in [-0.3, -0.25) is 4.90 Å². The fourth-order valence-electron chi connectivity index (χ4n) is 4.01. The summed E-state index contributed by atoms with van der Waals surface area (Å²) >= 11 is 0. The van der Waals surface area contributed by atoms with Gasteiger partial charge < -0.3 is 4.90 Å². The van der Waals surface area contributed by atoms with Crippen LogP contribution in [0.1, 0.15) is 39.8 Å². The van der Waals surface area contributed by atoms with Gasteiger partial charge in [0.15, 0.2) is 6.20 Å². The normalized spacial score (nSPS) is 13.8. The van der Waals surface area contributed by atoms with Gasteiger partial charge in [0.05, 0.1) is 0 Å². The number of hydrogen-bond donors (Lipinski definition) is 0. The zero-order valence-electron chi connectivity index (χ0n) is 23.4. The van der Waals surface area contributed by atoms with Gasteiger partial charge in [-0.25, -0.2) is 0 Å². The highest BCUT2D eigenvalue weighted by Gasteiger charge is 2.08. The lowest BCUT2D eigenvalue weighted by Gasteiger charge is -2.24. The number of pyridine rings is 1. The molecule has 0 aromatic carbocycles. The molecule has 0 aliphatic heterocycles. The van der Waals surface area contributed by atoms with Crippen LogP contribution in [-0.4, -0.2) is 54.0 Å². The van der Waals surface area contributed by atoms with E-state index < -0.39 is 0 Å². The van der Waals surface area contributed by atoms with Gasteiger partial charge in [-0.15, -0.1) is 0 Å². The van der Waals surface area contributed by atoms with Crippen LogP contribution in [0.25, 0.3) is 6.08 Å².